The van der Waals surface area contributed by atoms with Crippen LogP contribution in [0.4, 0.5) is 5.00 Å². The smallest absolute Gasteiger partial charge is 0.341 e. The number of ether oxygens (including phenoxy) is 2. The summed E-state index contributed by atoms with van der Waals surface area (Å²) in [6.07, 6.45) is 0.641. The number of carbonyl (C=O) groups excluding carboxylic acids is 5. The lowest BCUT2D eigenvalue weighted by Gasteiger charge is -2.08. The van der Waals surface area contributed by atoms with Crippen LogP contribution in [0.5, 0.6) is 0 Å². The summed E-state index contributed by atoms with van der Waals surface area (Å²) in [5, 5.41) is 2.65. The quantitative estimate of drug-likeness (QED) is 0.399. The number of carbonyl (C=O) groups is 5. The van der Waals surface area contributed by atoms with E-state index in [2.05, 4.69) is 5.32 Å². The number of hydrogen-bond donors (Lipinski definition) is 1. The number of anilines is 1. The topological polar surface area (TPSA) is 116 Å². The molecule has 0 atom stereocenters. The number of benzene rings is 1. The first-order chi connectivity index (χ1) is 13.8. The van der Waals surface area contributed by atoms with Crippen molar-refractivity contribution in [1.29, 1.82) is 0 Å². The molecule has 1 amide bonds. The molecule has 0 aliphatic heterocycles. The molecule has 0 aliphatic carbocycles. The van der Waals surface area contributed by atoms with Gasteiger partial charge in [-0.15, -0.1) is 11.3 Å². The maximum absolute atomic E-state index is 12.2. The molecule has 0 radical (unpaired) electrons. The highest BCUT2D eigenvalue weighted by Crippen LogP contribution is 2.34. The molecule has 1 N–H and O–H groups in total. The van der Waals surface area contributed by atoms with Crippen molar-refractivity contribution in [3.63, 3.8) is 0 Å². The summed E-state index contributed by atoms with van der Waals surface area (Å²) in [6.45, 7) is 4.14. The molecule has 9 heteroatoms. The van der Waals surface area contributed by atoms with Gasteiger partial charge in [0.1, 0.15) is 11.3 Å². The zero-order valence-electron chi connectivity index (χ0n) is 16.1. The second-order valence-electron chi connectivity index (χ2n) is 5.90. The second kappa shape index (κ2) is 9.74. The summed E-state index contributed by atoms with van der Waals surface area (Å²) in [6, 6.07) is 5.72. The monoisotopic (exact) mass is 417 g/mol. The number of rotatable bonds is 8. The third kappa shape index (κ3) is 5.35. The van der Waals surface area contributed by atoms with E-state index in [1.54, 1.807) is 13.8 Å². The standard InChI is InChI=1S/C20H19NO7S/c1-4-27-20(26)16-11(2)17(12(3)23)29-18(16)21-15(24)10-28-19(25)14-7-5-13(9-22)6-8-14/h5-9H,4,10H2,1-3H3,(H,21,24). The Bertz CT molecular complexity index is 960. The van der Waals surface area contributed by atoms with Gasteiger partial charge in [0, 0.05) is 5.56 Å². The Morgan fingerprint density at radius 3 is 2.28 bits per heavy atom. The van der Waals surface area contributed by atoms with E-state index >= 15 is 0 Å². The third-order valence-electron chi connectivity index (χ3n) is 3.82. The Balaban J connectivity index is 2.10. The SMILES string of the molecule is CCOC(=O)c1c(NC(=O)COC(=O)c2ccc(C=O)cc2)sc(C(C)=O)c1C. The van der Waals surface area contributed by atoms with E-state index in [9.17, 15) is 24.0 Å². The predicted molar refractivity (Wildman–Crippen MR) is 106 cm³/mol. The largest absolute Gasteiger partial charge is 0.462 e. The van der Waals surface area contributed by atoms with Crippen LogP contribution in [0.15, 0.2) is 24.3 Å². The Hall–Kier alpha value is -3.33. The molecule has 2 rings (SSSR count). The van der Waals surface area contributed by atoms with Gasteiger partial charge >= 0.3 is 11.9 Å². The van der Waals surface area contributed by atoms with Gasteiger partial charge in [-0.1, -0.05) is 12.1 Å². The number of ketones is 1. The number of nitrogens with one attached hydrogen (secondary N) is 1. The highest BCUT2D eigenvalue weighted by atomic mass is 32.1. The Morgan fingerprint density at radius 2 is 1.72 bits per heavy atom. The van der Waals surface area contributed by atoms with Crippen molar-refractivity contribution >= 4 is 46.3 Å². The van der Waals surface area contributed by atoms with Gasteiger partial charge in [0.05, 0.1) is 22.6 Å². The molecule has 0 spiro atoms. The first-order valence-corrected chi connectivity index (χ1v) is 9.43. The Morgan fingerprint density at radius 1 is 1.07 bits per heavy atom. The van der Waals surface area contributed by atoms with E-state index in [0.717, 1.165) is 11.3 Å². The molecule has 0 aliphatic rings. The van der Waals surface area contributed by atoms with Crippen molar-refractivity contribution in [1.82, 2.24) is 0 Å². The van der Waals surface area contributed by atoms with Gasteiger partial charge in [-0.25, -0.2) is 9.59 Å². The molecule has 1 aromatic carbocycles. The lowest BCUT2D eigenvalue weighted by Crippen LogP contribution is -2.21. The molecule has 1 heterocycles. The van der Waals surface area contributed by atoms with Crippen LogP contribution in [0.2, 0.25) is 0 Å². The fraction of sp³-hybridized carbons (Fsp3) is 0.250. The van der Waals surface area contributed by atoms with Crippen molar-refractivity contribution in [2.75, 3.05) is 18.5 Å². The molecular weight excluding hydrogens is 398 g/mol. The summed E-state index contributed by atoms with van der Waals surface area (Å²) in [7, 11) is 0. The fourth-order valence-electron chi connectivity index (χ4n) is 2.46. The van der Waals surface area contributed by atoms with E-state index in [1.165, 1.54) is 31.2 Å². The first-order valence-electron chi connectivity index (χ1n) is 8.62. The number of esters is 2. The van der Waals surface area contributed by atoms with Gasteiger partial charge in [0.2, 0.25) is 0 Å². The predicted octanol–water partition coefficient (Wildman–Crippen LogP) is 3.04. The number of thiophene rings is 1. The normalized spacial score (nSPS) is 10.2. The molecule has 8 nitrogen and oxygen atoms in total. The number of hydrogen-bond acceptors (Lipinski definition) is 8. The zero-order valence-corrected chi connectivity index (χ0v) is 16.9. The van der Waals surface area contributed by atoms with Crippen LogP contribution in [0.25, 0.3) is 0 Å². The van der Waals surface area contributed by atoms with Crippen LogP contribution in [0, 0.1) is 6.92 Å². The molecule has 0 saturated heterocycles. The summed E-state index contributed by atoms with van der Waals surface area (Å²) in [5.74, 6) is -2.32. The van der Waals surface area contributed by atoms with Gasteiger partial charge in [0.15, 0.2) is 12.4 Å². The Kier molecular flexibility index (Phi) is 7.38. The van der Waals surface area contributed by atoms with Crippen LogP contribution in [-0.4, -0.2) is 43.1 Å². The molecule has 0 bridgehead atoms. The summed E-state index contributed by atoms with van der Waals surface area (Å²) in [5.41, 5.74) is 1.11. The lowest BCUT2D eigenvalue weighted by atomic mass is 10.1. The number of aldehydes is 1. The summed E-state index contributed by atoms with van der Waals surface area (Å²) in [4.78, 5) is 59.2. The molecule has 1 aromatic heterocycles. The summed E-state index contributed by atoms with van der Waals surface area (Å²) >= 11 is 0.956. The fourth-order valence-corrected chi connectivity index (χ4v) is 3.57. The van der Waals surface area contributed by atoms with Crippen molar-refractivity contribution in [2.24, 2.45) is 0 Å². The zero-order chi connectivity index (χ0) is 21.6. The number of Topliss-reactive ketones (excluding diaryl/α,β-unsaturated/α-hetero) is 1. The first kappa shape index (κ1) is 22.0. The summed E-state index contributed by atoms with van der Waals surface area (Å²) < 4.78 is 9.94. The van der Waals surface area contributed by atoms with Crippen LogP contribution in [-0.2, 0) is 14.3 Å². The van der Waals surface area contributed by atoms with E-state index < -0.39 is 24.5 Å². The number of amides is 1. The molecule has 0 fully saturated rings. The van der Waals surface area contributed by atoms with Crippen molar-refractivity contribution in [3.8, 4) is 0 Å². The van der Waals surface area contributed by atoms with Crippen molar-refractivity contribution in [3.05, 3.63) is 51.4 Å². The van der Waals surface area contributed by atoms with Crippen LogP contribution in [0.1, 0.15) is 60.2 Å². The van der Waals surface area contributed by atoms with E-state index in [1.807, 2.05) is 0 Å². The van der Waals surface area contributed by atoms with Gasteiger partial charge in [-0.2, -0.15) is 0 Å². The average Bonchev–Trinajstić information content (AvgIpc) is 3.02. The van der Waals surface area contributed by atoms with Crippen LogP contribution in [0.3, 0.4) is 0 Å². The van der Waals surface area contributed by atoms with E-state index in [-0.39, 0.29) is 28.5 Å². The molecule has 152 valence electrons. The maximum atomic E-state index is 12.2. The molecule has 0 saturated carbocycles. The lowest BCUT2D eigenvalue weighted by molar-refractivity contribution is -0.119. The molecule has 0 unspecified atom stereocenters. The third-order valence-corrected chi connectivity index (χ3v) is 5.12. The van der Waals surface area contributed by atoms with Crippen molar-refractivity contribution in [2.45, 2.75) is 20.8 Å². The van der Waals surface area contributed by atoms with E-state index in [4.69, 9.17) is 9.47 Å². The average molecular weight is 417 g/mol. The van der Waals surface area contributed by atoms with Gasteiger partial charge < -0.3 is 14.8 Å². The highest BCUT2D eigenvalue weighted by molar-refractivity contribution is 7.18. The van der Waals surface area contributed by atoms with E-state index in [0.29, 0.717) is 22.3 Å². The van der Waals surface area contributed by atoms with Gasteiger partial charge in [0.25, 0.3) is 5.91 Å². The molecule has 29 heavy (non-hydrogen) atoms. The molecular formula is C20H19NO7S. The minimum Gasteiger partial charge on any atom is -0.462 e. The van der Waals surface area contributed by atoms with Gasteiger partial charge in [-0.3, -0.25) is 14.4 Å². The maximum Gasteiger partial charge on any atom is 0.341 e. The highest BCUT2D eigenvalue weighted by Gasteiger charge is 2.25. The van der Waals surface area contributed by atoms with Crippen LogP contribution < -0.4 is 5.32 Å². The van der Waals surface area contributed by atoms with Crippen molar-refractivity contribution < 1.29 is 33.4 Å². The Labute approximate surface area is 170 Å². The minimum absolute atomic E-state index is 0.103. The van der Waals surface area contributed by atoms with Crippen LogP contribution >= 0.6 is 11.3 Å². The minimum atomic E-state index is -0.741. The second-order valence-corrected chi connectivity index (χ2v) is 6.92. The molecule has 2 aromatic rings. The van der Waals surface area contributed by atoms with Gasteiger partial charge in [-0.05, 0) is 38.5 Å².